The second-order valence-corrected chi connectivity index (χ2v) is 9.40. The molecule has 0 radical (unpaired) electrons. The second-order valence-electron chi connectivity index (χ2n) is 9.40. The van der Waals surface area contributed by atoms with E-state index in [0.29, 0.717) is 44.1 Å². The highest BCUT2D eigenvalue weighted by molar-refractivity contribution is 6.46. The quantitative estimate of drug-likeness (QED) is 0.295. The summed E-state index contributed by atoms with van der Waals surface area (Å²) in [5.74, 6) is -0.0652. The standard InChI is InChI=1S/C29H36N2O6/c1-4-16-37-22-8-6-21(7-9-22)26-25(27(32)24-11-10-23(35-3)19-20(24)2)28(33)29(34)31(26)13-5-12-30-14-17-36-18-15-30/h6-11,19,26,32H,4-5,12-18H2,1-3H3. The second kappa shape index (κ2) is 12.3. The highest BCUT2D eigenvalue weighted by atomic mass is 16.5. The highest BCUT2D eigenvalue weighted by Crippen LogP contribution is 2.40. The van der Waals surface area contributed by atoms with Gasteiger partial charge in [-0.25, -0.2) is 0 Å². The fourth-order valence-corrected chi connectivity index (χ4v) is 4.89. The molecule has 2 fully saturated rings. The van der Waals surface area contributed by atoms with Crippen LogP contribution < -0.4 is 9.47 Å². The number of methoxy groups -OCH3 is 1. The third-order valence-electron chi connectivity index (χ3n) is 6.87. The molecule has 8 heteroatoms. The minimum atomic E-state index is -0.689. The fraction of sp³-hybridized carbons (Fsp3) is 0.448. The van der Waals surface area contributed by atoms with Crippen LogP contribution >= 0.6 is 0 Å². The number of benzene rings is 2. The molecule has 2 aromatic carbocycles. The number of nitrogens with zero attached hydrogens (tertiary/aromatic N) is 2. The van der Waals surface area contributed by atoms with E-state index in [2.05, 4.69) is 4.90 Å². The highest BCUT2D eigenvalue weighted by Gasteiger charge is 2.46. The summed E-state index contributed by atoms with van der Waals surface area (Å²) in [5, 5.41) is 11.4. The molecule has 1 atom stereocenters. The van der Waals surface area contributed by atoms with Crippen molar-refractivity contribution in [3.8, 4) is 11.5 Å². The van der Waals surface area contributed by atoms with Crippen molar-refractivity contribution in [2.24, 2.45) is 0 Å². The van der Waals surface area contributed by atoms with E-state index < -0.39 is 17.7 Å². The lowest BCUT2D eigenvalue weighted by Crippen LogP contribution is -2.38. The first-order valence-electron chi connectivity index (χ1n) is 12.9. The van der Waals surface area contributed by atoms with Gasteiger partial charge in [-0.2, -0.15) is 0 Å². The summed E-state index contributed by atoms with van der Waals surface area (Å²) in [6.45, 7) is 8.83. The van der Waals surface area contributed by atoms with Crippen LogP contribution in [0, 0.1) is 6.92 Å². The molecule has 2 aliphatic heterocycles. The normalized spacial score (nSPS) is 19.9. The molecule has 2 aromatic rings. The van der Waals surface area contributed by atoms with Crippen LogP contribution in [0.25, 0.3) is 5.76 Å². The van der Waals surface area contributed by atoms with Crippen molar-refractivity contribution in [1.82, 2.24) is 9.80 Å². The first-order valence-corrected chi connectivity index (χ1v) is 12.9. The van der Waals surface area contributed by atoms with E-state index in [1.807, 2.05) is 38.1 Å². The van der Waals surface area contributed by atoms with E-state index in [4.69, 9.17) is 14.2 Å². The molecule has 8 nitrogen and oxygen atoms in total. The summed E-state index contributed by atoms with van der Waals surface area (Å²) in [6.07, 6.45) is 1.61. The van der Waals surface area contributed by atoms with Gasteiger partial charge < -0.3 is 24.2 Å². The number of morpholine rings is 1. The molecule has 2 heterocycles. The Morgan fingerprint density at radius 2 is 1.76 bits per heavy atom. The molecule has 1 amide bonds. The van der Waals surface area contributed by atoms with Gasteiger partial charge in [0.2, 0.25) is 0 Å². The van der Waals surface area contributed by atoms with Crippen LogP contribution in [-0.2, 0) is 14.3 Å². The fourth-order valence-electron chi connectivity index (χ4n) is 4.89. The Bertz CT molecular complexity index is 1140. The van der Waals surface area contributed by atoms with Crippen molar-refractivity contribution in [1.29, 1.82) is 0 Å². The summed E-state index contributed by atoms with van der Waals surface area (Å²) in [6, 6.07) is 12.0. The maximum atomic E-state index is 13.3. The Kier molecular flexibility index (Phi) is 8.84. The lowest BCUT2D eigenvalue weighted by molar-refractivity contribution is -0.140. The zero-order chi connectivity index (χ0) is 26.4. The van der Waals surface area contributed by atoms with Gasteiger partial charge in [-0.05, 0) is 61.2 Å². The van der Waals surface area contributed by atoms with Crippen molar-refractivity contribution in [2.45, 2.75) is 32.7 Å². The van der Waals surface area contributed by atoms with E-state index in [-0.39, 0.29) is 11.3 Å². The number of rotatable bonds is 10. The number of likely N-dealkylation sites (tertiary alicyclic amines) is 1. The zero-order valence-corrected chi connectivity index (χ0v) is 21.9. The third kappa shape index (κ3) is 5.97. The van der Waals surface area contributed by atoms with Crippen molar-refractivity contribution in [3.63, 3.8) is 0 Å². The number of aliphatic hydroxyl groups excluding tert-OH is 1. The molecule has 0 aliphatic carbocycles. The number of carbonyl (C=O) groups excluding carboxylic acids is 2. The largest absolute Gasteiger partial charge is 0.507 e. The van der Waals surface area contributed by atoms with Crippen molar-refractivity contribution in [2.75, 3.05) is 53.1 Å². The smallest absolute Gasteiger partial charge is 0.295 e. The number of Topliss-reactive ketones (excluding diaryl/α,β-unsaturated/α-hetero) is 1. The topological polar surface area (TPSA) is 88.5 Å². The SMILES string of the molecule is CCCOc1ccc(C2C(=C(O)c3ccc(OC)cc3C)C(=O)C(=O)N2CCCN2CCOCC2)cc1. The predicted octanol–water partition coefficient (Wildman–Crippen LogP) is 3.94. The van der Waals surface area contributed by atoms with Crippen molar-refractivity contribution < 1.29 is 28.9 Å². The Morgan fingerprint density at radius 1 is 1.05 bits per heavy atom. The van der Waals surface area contributed by atoms with Gasteiger partial charge in [0, 0.05) is 31.7 Å². The Morgan fingerprint density at radius 3 is 2.41 bits per heavy atom. The predicted molar refractivity (Wildman–Crippen MR) is 141 cm³/mol. The average molecular weight is 509 g/mol. The van der Waals surface area contributed by atoms with Gasteiger partial charge in [0.25, 0.3) is 11.7 Å². The molecule has 1 N–H and O–H groups in total. The van der Waals surface area contributed by atoms with Crippen LogP contribution in [0.2, 0.25) is 0 Å². The molecule has 0 aromatic heterocycles. The average Bonchev–Trinajstić information content (AvgIpc) is 3.17. The van der Waals surface area contributed by atoms with Gasteiger partial charge in [-0.3, -0.25) is 14.5 Å². The monoisotopic (exact) mass is 508 g/mol. The zero-order valence-electron chi connectivity index (χ0n) is 21.9. The van der Waals surface area contributed by atoms with Gasteiger partial charge >= 0.3 is 0 Å². The first-order chi connectivity index (χ1) is 17.9. The maximum absolute atomic E-state index is 13.3. The molecule has 0 bridgehead atoms. The molecular weight excluding hydrogens is 472 g/mol. The molecule has 2 aliphatic rings. The number of ketones is 1. The van der Waals surface area contributed by atoms with Gasteiger partial charge in [0.05, 0.1) is 38.5 Å². The molecule has 0 saturated carbocycles. The van der Waals surface area contributed by atoms with Gasteiger partial charge in [-0.15, -0.1) is 0 Å². The minimum absolute atomic E-state index is 0.104. The number of hydrogen-bond acceptors (Lipinski definition) is 7. The summed E-state index contributed by atoms with van der Waals surface area (Å²) in [7, 11) is 1.57. The van der Waals surface area contributed by atoms with Gasteiger partial charge in [0.15, 0.2) is 0 Å². The number of hydrogen-bond donors (Lipinski definition) is 1. The van der Waals surface area contributed by atoms with E-state index >= 15 is 0 Å². The number of ether oxygens (including phenoxy) is 3. The lowest BCUT2D eigenvalue weighted by atomic mass is 9.93. The summed E-state index contributed by atoms with van der Waals surface area (Å²) in [4.78, 5) is 30.5. The van der Waals surface area contributed by atoms with Crippen LogP contribution in [-0.4, -0.2) is 79.7 Å². The van der Waals surface area contributed by atoms with Crippen LogP contribution in [0.3, 0.4) is 0 Å². The van der Waals surface area contributed by atoms with Crippen LogP contribution in [0.1, 0.15) is 42.5 Å². The first kappa shape index (κ1) is 26.7. The summed E-state index contributed by atoms with van der Waals surface area (Å²) >= 11 is 0. The molecule has 1 unspecified atom stereocenters. The molecular formula is C29H36N2O6. The summed E-state index contributed by atoms with van der Waals surface area (Å²) < 4.78 is 16.4. The Hall–Kier alpha value is -3.36. The van der Waals surface area contributed by atoms with E-state index in [9.17, 15) is 14.7 Å². The number of amides is 1. The van der Waals surface area contributed by atoms with E-state index in [0.717, 1.165) is 42.9 Å². The number of aliphatic hydroxyl groups is 1. The Balaban J connectivity index is 1.68. The number of aryl methyl sites for hydroxylation is 1. The van der Waals surface area contributed by atoms with E-state index in [1.165, 1.54) is 0 Å². The van der Waals surface area contributed by atoms with Crippen LogP contribution in [0.5, 0.6) is 11.5 Å². The Labute approximate surface area is 218 Å². The third-order valence-corrected chi connectivity index (χ3v) is 6.87. The molecule has 4 rings (SSSR count). The maximum Gasteiger partial charge on any atom is 0.295 e. The van der Waals surface area contributed by atoms with E-state index in [1.54, 1.807) is 30.2 Å². The van der Waals surface area contributed by atoms with Gasteiger partial charge in [0.1, 0.15) is 17.3 Å². The summed E-state index contributed by atoms with van der Waals surface area (Å²) in [5.41, 5.74) is 2.10. The minimum Gasteiger partial charge on any atom is -0.507 e. The lowest BCUT2D eigenvalue weighted by Gasteiger charge is -2.29. The van der Waals surface area contributed by atoms with Crippen LogP contribution in [0.15, 0.2) is 48.0 Å². The van der Waals surface area contributed by atoms with Crippen molar-refractivity contribution in [3.05, 3.63) is 64.7 Å². The number of carbonyl (C=O) groups is 2. The molecule has 2 saturated heterocycles. The molecule has 198 valence electrons. The van der Waals surface area contributed by atoms with Gasteiger partial charge in [-0.1, -0.05) is 19.1 Å². The molecule has 37 heavy (non-hydrogen) atoms. The molecule has 0 spiro atoms. The van der Waals surface area contributed by atoms with Crippen molar-refractivity contribution >= 4 is 17.4 Å². The van der Waals surface area contributed by atoms with Crippen LogP contribution in [0.4, 0.5) is 0 Å².